The van der Waals surface area contributed by atoms with Gasteiger partial charge in [-0.1, -0.05) is 6.92 Å². The van der Waals surface area contributed by atoms with Crippen molar-refractivity contribution in [3.8, 4) is 0 Å². The lowest BCUT2D eigenvalue weighted by atomic mass is 10.0. The quantitative estimate of drug-likeness (QED) is 0.773. The molecule has 2 aliphatic heterocycles. The average molecular weight is 239 g/mol. The van der Waals surface area contributed by atoms with Crippen molar-refractivity contribution in [1.82, 2.24) is 5.32 Å². The Morgan fingerprint density at radius 2 is 2.35 bits per heavy atom. The number of hydrogen-bond donors (Lipinski definition) is 1. The summed E-state index contributed by atoms with van der Waals surface area (Å²) in [5, 5.41) is 3.59. The highest BCUT2D eigenvalue weighted by atomic mass is 16.5. The summed E-state index contributed by atoms with van der Waals surface area (Å²) in [4.78, 5) is 0. The molecule has 2 heterocycles. The first kappa shape index (κ1) is 12.9. The highest BCUT2D eigenvalue weighted by Gasteiger charge is 2.24. The second kappa shape index (κ2) is 7.02. The SMILES string of the molecule is CCCNC(CC1CCCCO1)C1=CCCO1. The largest absolute Gasteiger partial charge is 0.496 e. The van der Waals surface area contributed by atoms with E-state index < -0.39 is 0 Å². The Labute approximate surface area is 105 Å². The van der Waals surface area contributed by atoms with Gasteiger partial charge in [0.2, 0.25) is 0 Å². The van der Waals surface area contributed by atoms with E-state index in [4.69, 9.17) is 9.47 Å². The summed E-state index contributed by atoms with van der Waals surface area (Å²) in [7, 11) is 0. The highest BCUT2D eigenvalue weighted by Crippen LogP contribution is 2.22. The van der Waals surface area contributed by atoms with Crippen LogP contribution in [-0.2, 0) is 9.47 Å². The van der Waals surface area contributed by atoms with Crippen molar-refractivity contribution in [2.75, 3.05) is 19.8 Å². The highest BCUT2D eigenvalue weighted by molar-refractivity contribution is 5.07. The van der Waals surface area contributed by atoms with Gasteiger partial charge in [0.15, 0.2) is 0 Å². The van der Waals surface area contributed by atoms with E-state index in [1.165, 1.54) is 19.3 Å². The lowest BCUT2D eigenvalue weighted by Gasteiger charge is -2.28. The summed E-state index contributed by atoms with van der Waals surface area (Å²) < 4.78 is 11.5. The van der Waals surface area contributed by atoms with Crippen molar-refractivity contribution in [3.63, 3.8) is 0 Å². The minimum absolute atomic E-state index is 0.362. The molecule has 1 N–H and O–H groups in total. The van der Waals surface area contributed by atoms with Crippen molar-refractivity contribution in [2.45, 2.75) is 57.6 Å². The first-order chi connectivity index (χ1) is 8.40. The minimum atomic E-state index is 0.362. The predicted molar refractivity (Wildman–Crippen MR) is 68.9 cm³/mol. The van der Waals surface area contributed by atoms with Crippen LogP contribution in [0.4, 0.5) is 0 Å². The van der Waals surface area contributed by atoms with E-state index in [-0.39, 0.29) is 0 Å². The molecule has 2 aliphatic rings. The number of nitrogens with one attached hydrogen (secondary N) is 1. The standard InChI is InChI=1S/C14H25NO2/c1-2-8-15-13(14-7-5-10-17-14)11-12-6-3-4-9-16-12/h7,12-13,15H,2-6,8-11H2,1H3. The van der Waals surface area contributed by atoms with Gasteiger partial charge >= 0.3 is 0 Å². The molecule has 0 aromatic rings. The van der Waals surface area contributed by atoms with Crippen molar-refractivity contribution in [1.29, 1.82) is 0 Å². The molecule has 0 aromatic heterocycles. The lowest BCUT2D eigenvalue weighted by Crippen LogP contribution is -2.36. The van der Waals surface area contributed by atoms with Crippen molar-refractivity contribution in [3.05, 3.63) is 11.8 Å². The zero-order valence-corrected chi connectivity index (χ0v) is 10.9. The van der Waals surface area contributed by atoms with E-state index in [0.717, 1.165) is 44.8 Å². The van der Waals surface area contributed by atoms with Crippen LogP contribution >= 0.6 is 0 Å². The van der Waals surface area contributed by atoms with Gasteiger partial charge in [-0.2, -0.15) is 0 Å². The van der Waals surface area contributed by atoms with E-state index in [1.54, 1.807) is 0 Å². The number of hydrogen-bond acceptors (Lipinski definition) is 3. The fourth-order valence-corrected chi connectivity index (χ4v) is 2.55. The van der Waals surface area contributed by atoms with E-state index in [2.05, 4.69) is 18.3 Å². The average Bonchev–Trinajstić information content (AvgIpc) is 2.89. The van der Waals surface area contributed by atoms with E-state index in [0.29, 0.717) is 12.1 Å². The molecule has 1 fully saturated rings. The maximum atomic E-state index is 5.83. The second-order valence-electron chi connectivity index (χ2n) is 4.97. The molecule has 2 rings (SSSR count). The lowest BCUT2D eigenvalue weighted by molar-refractivity contribution is 0.00413. The van der Waals surface area contributed by atoms with Crippen LogP contribution in [0.3, 0.4) is 0 Å². The minimum Gasteiger partial charge on any atom is -0.496 e. The van der Waals surface area contributed by atoms with Crippen LogP contribution in [0.1, 0.15) is 45.4 Å². The molecule has 0 amide bonds. The number of rotatable bonds is 6. The van der Waals surface area contributed by atoms with Gasteiger partial charge in [0, 0.05) is 13.0 Å². The normalized spacial score (nSPS) is 26.4. The predicted octanol–water partition coefficient (Wildman–Crippen LogP) is 2.62. The van der Waals surface area contributed by atoms with Crippen LogP contribution < -0.4 is 5.32 Å². The summed E-state index contributed by atoms with van der Waals surface area (Å²) in [6.45, 7) is 5.04. The Kier molecular flexibility index (Phi) is 5.33. The molecule has 3 nitrogen and oxygen atoms in total. The molecule has 2 atom stereocenters. The molecule has 2 unspecified atom stereocenters. The Morgan fingerprint density at radius 3 is 3.00 bits per heavy atom. The zero-order chi connectivity index (χ0) is 11.9. The molecule has 1 saturated heterocycles. The molecule has 0 spiro atoms. The van der Waals surface area contributed by atoms with Crippen LogP contribution in [0.2, 0.25) is 0 Å². The molecular formula is C14H25NO2. The first-order valence-electron chi connectivity index (χ1n) is 7.08. The third-order valence-electron chi connectivity index (χ3n) is 3.49. The van der Waals surface area contributed by atoms with Crippen molar-refractivity contribution < 1.29 is 9.47 Å². The number of ether oxygens (including phenoxy) is 2. The third-order valence-corrected chi connectivity index (χ3v) is 3.49. The fraction of sp³-hybridized carbons (Fsp3) is 0.857. The van der Waals surface area contributed by atoms with E-state index >= 15 is 0 Å². The van der Waals surface area contributed by atoms with Crippen molar-refractivity contribution in [2.24, 2.45) is 0 Å². The van der Waals surface area contributed by atoms with E-state index in [9.17, 15) is 0 Å². The summed E-state index contributed by atoms with van der Waals surface area (Å²) in [6, 6.07) is 0.362. The van der Waals surface area contributed by atoms with Gasteiger partial charge in [-0.3, -0.25) is 0 Å². The molecular weight excluding hydrogens is 214 g/mol. The maximum absolute atomic E-state index is 5.83. The summed E-state index contributed by atoms with van der Waals surface area (Å²) in [5.41, 5.74) is 0. The molecule has 17 heavy (non-hydrogen) atoms. The van der Waals surface area contributed by atoms with Crippen LogP contribution in [0.15, 0.2) is 11.8 Å². The van der Waals surface area contributed by atoms with Gasteiger partial charge in [-0.05, 0) is 44.7 Å². The monoisotopic (exact) mass is 239 g/mol. The van der Waals surface area contributed by atoms with Gasteiger partial charge < -0.3 is 14.8 Å². The van der Waals surface area contributed by atoms with Crippen molar-refractivity contribution >= 4 is 0 Å². The van der Waals surface area contributed by atoms with Crippen LogP contribution in [0.5, 0.6) is 0 Å². The summed E-state index contributed by atoms with van der Waals surface area (Å²) >= 11 is 0. The second-order valence-corrected chi connectivity index (χ2v) is 4.97. The maximum Gasteiger partial charge on any atom is 0.109 e. The summed E-state index contributed by atoms with van der Waals surface area (Å²) in [5.74, 6) is 1.15. The smallest absolute Gasteiger partial charge is 0.109 e. The van der Waals surface area contributed by atoms with Gasteiger partial charge in [0.05, 0.1) is 18.8 Å². The van der Waals surface area contributed by atoms with Crippen LogP contribution in [0.25, 0.3) is 0 Å². The summed E-state index contributed by atoms with van der Waals surface area (Å²) in [6.07, 6.45) is 9.68. The fourth-order valence-electron chi connectivity index (χ4n) is 2.55. The van der Waals surface area contributed by atoms with Gasteiger partial charge in [0.1, 0.15) is 5.76 Å². The Balaban J connectivity index is 1.84. The van der Waals surface area contributed by atoms with E-state index in [1.807, 2.05) is 0 Å². The van der Waals surface area contributed by atoms with Gasteiger partial charge in [-0.25, -0.2) is 0 Å². The first-order valence-corrected chi connectivity index (χ1v) is 7.08. The Hall–Kier alpha value is -0.540. The van der Waals surface area contributed by atoms with Crippen LogP contribution in [0, 0.1) is 0 Å². The third kappa shape index (κ3) is 4.00. The molecule has 0 bridgehead atoms. The molecule has 0 radical (unpaired) electrons. The molecule has 98 valence electrons. The Morgan fingerprint density at radius 1 is 1.41 bits per heavy atom. The topological polar surface area (TPSA) is 30.5 Å². The molecule has 0 aromatic carbocycles. The van der Waals surface area contributed by atoms with Gasteiger partial charge in [0.25, 0.3) is 0 Å². The Bertz CT molecular complexity index is 247. The van der Waals surface area contributed by atoms with Gasteiger partial charge in [-0.15, -0.1) is 0 Å². The van der Waals surface area contributed by atoms with Crippen LogP contribution in [-0.4, -0.2) is 31.9 Å². The molecule has 0 aliphatic carbocycles. The molecule has 3 heteroatoms. The molecule has 0 saturated carbocycles. The zero-order valence-electron chi connectivity index (χ0n) is 10.9.